The molecule has 2 aliphatic rings. The van der Waals surface area contributed by atoms with Crippen molar-refractivity contribution in [3.8, 4) is 0 Å². The van der Waals surface area contributed by atoms with Crippen LogP contribution >= 0.6 is 0 Å². The molecular weight excluding hydrogens is 242 g/mol. The zero-order chi connectivity index (χ0) is 13.4. The number of amides is 1. The molecule has 1 aliphatic heterocycles. The van der Waals surface area contributed by atoms with Gasteiger partial charge in [-0.2, -0.15) is 0 Å². The number of rotatable bonds is 1. The van der Waals surface area contributed by atoms with Gasteiger partial charge in [0.25, 0.3) is 5.91 Å². The molecule has 1 saturated carbocycles. The Morgan fingerprint density at radius 1 is 1.21 bits per heavy atom. The Labute approximate surface area is 112 Å². The lowest BCUT2D eigenvalue weighted by Crippen LogP contribution is -2.51. The summed E-state index contributed by atoms with van der Waals surface area (Å²) >= 11 is 0. The lowest BCUT2D eigenvalue weighted by molar-refractivity contribution is -0.0445. The van der Waals surface area contributed by atoms with Crippen LogP contribution < -0.4 is 11.5 Å². The molecule has 0 bridgehead atoms. The summed E-state index contributed by atoms with van der Waals surface area (Å²) in [6, 6.07) is 5.26. The first-order valence-electron chi connectivity index (χ1n) is 6.74. The van der Waals surface area contributed by atoms with Gasteiger partial charge in [0, 0.05) is 23.5 Å². The van der Waals surface area contributed by atoms with E-state index in [1.165, 1.54) is 0 Å². The van der Waals surface area contributed by atoms with Gasteiger partial charge in [-0.25, -0.2) is 0 Å². The third kappa shape index (κ3) is 2.26. The van der Waals surface area contributed by atoms with Crippen LogP contribution in [0.25, 0.3) is 0 Å². The minimum absolute atomic E-state index is 0.0131. The Kier molecular flexibility index (Phi) is 3.06. The van der Waals surface area contributed by atoms with Gasteiger partial charge in [0.15, 0.2) is 0 Å². The molecule has 4 N–H and O–H groups in total. The highest BCUT2D eigenvalue weighted by Gasteiger charge is 2.38. The van der Waals surface area contributed by atoms with Crippen LogP contribution in [0.4, 0.5) is 11.4 Å². The molecule has 0 spiro atoms. The van der Waals surface area contributed by atoms with Crippen molar-refractivity contribution in [2.75, 3.05) is 24.6 Å². The second-order valence-corrected chi connectivity index (χ2v) is 5.29. The number of carbonyl (C=O) groups is 1. The normalized spacial score (nSPS) is 26.2. The average molecular weight is 261 g/mol. The van der Waals surface area contributed by atoms with Gasteiger partial charge in [-0.1, -0.05) is 0 Å². The van der Waals surface area contributed by atoms with Crippen LogP contribution in [-0.2, 0) is 4.74 Å². The van der Waals surface area contributed by atoms with Crippen molar-refractivity contribution in [3.63, 3.8) is 0 Å². The van der Waals surface area contributed by atoms with E-state index in [-0.39, 0.29) is 18.1 Å². The maximum atomic E-state index is 12.6. The van der Waals surface area contributed by atoms with E-state index in [2.05, 4.69) is 0 Å². The molecule has 102 valence electrons. The number of ether oxygens (including phenoxy) is 1. The van der Waals surface area contributed by atoms with Crippen molar-refractivity contribution in [2.45, 2.75) is 31.4 Å². The first kappa shape index (κ1) is 12.3. The molecular formula is C14H19N3O2. The lowest BCUT2D eigenvalue weighted by Gasteiger charge is -2.37. The summed E-state index contributed by atoms with van der Waals surface area (Å²) in [6.45, 7) is 1.26. The molecule has 1 aromatic carbocycles. The number of hydrogen-bond acceptors (Lipinski definition) is 4. The third-order valence-electron chi connectivity index (χ3n) is 3.97. The second-order valence-electron chi connectivity index (χ2n) is 5.29. The number of anilines is 2. The van der Waals surface area contributed by atoms with Gasteiger partial charge in [-0.15, -0.1) is 0 Å². The van der Waals surface area contributed by atoms with E-state index >= 15 is 0 Å². The van der Waals surface area contributed by atoms with Gasteiger partial charge in [0.05, 0.1) is 18.8 Å². The fourth-order valence-electron chi connectivity index (χ4n) is 3.14. The quantitative estimate of drug-likeness (QED) is 0.745. The number of nitrogen functional groups attached to an aromatic ring is 2. The fraction of sp³-hybridized carbons (Fsp3) is 0.500. The summed E-state index contributed by atoms with van der Waals surface area (Å²) in [6.07, 6.45) is 3.40. The Balaban J connectivity index is 1.86. The van der Waals surface area contributed by atoms with Crippen LogP contribution in [0.3, 0.4) is 0 Å². The van der Waals surface area contributed by atoms with Crippen molar-refractivity contribution >= 4 is 17.3 Å². The topological polar surface area (TPSA) is 81.6 Å². The van der Waals surface area contributed by atoms with Gasteiger partial charge in [-0.05, 0) is 37.5 Å². The molecule has 1 amide bonds. The van der Waals surface area contributed by atoms with Crippen molar-refractivity contribution in [1.82, 2.24) is 4.90 Å². The molecule has 0 radical (unpaired) electrons. The number of nitrogens with two attached hydrogens (primary N) is 2. The first-order chi connectivity index (χ1) is 9.15. The van der Waals surface area contributed by atoms with Gasteiger partial charge in [0.2, 0.25) is 0 Å². The summed E-state index contributed by atoms with van der Waals surface area (Å²) < 4.78 is 5.72. The number of fused-ring (bicyclic) bond motifs is 1. The molecule has 1 saturated heterocycles. The summed E-state index contributed by atoms with van der Waals surface area (Å²) in [5.41, 5.74) is 13.1. The van der Waals surface area contributed by atoms with Crippen LogP contribution in [0.5, 0.6) is 0 Å². The van der Waals surface area contributed by atoms with Crippen LogP contribution in [0, 0.1) is 0 Å². The third-order valence-corrected chi connectivity index (χ3v) is 3.97. The highest BCUT2D eigenvalue weighted by atomic mass is 16.5. The zero-order valence-electron chi connectivity index (χ0n) is 10.8. The molecule has 1 heterocycles. The number of carbonyl (C=O) groups excluding carboxylic acids is 1. The standard InChI is InChI=1S/C14H19N3O2/c15-10-6-9(7-11(16)8-10)14(18)17-4-5-19-13-3-1-2-12(13)17/h6-8,12-13H,1-5,15-16H2. The fourth-order valence-corrected chi connectivity index (χ4v) is 3.14. The zero-order valence-corrected chi connectivity index (χ0v) is 10.8. The smallest absolute Gasteiger partial charge is 0.254 e. The summed E-state index contributed by atoms with van der Waals surface area (Å²) in [7, 11) is 0. The van der Waals surface area contributed by atoms with Crippen molar-refractivity contribution < 1.29 is 9.53 Å². The summed E-state index contributed by atoms with van der Waals surface area (Å²) in [4.78, 5) is 14.5. The van der Waals surface area contributed by atoms with Gasteiger partial charge < -0.3 is 21.1 Å². The molecule has 2 fully saturated rings. The SMILES string of the molecule is Nc1cc(N)cc(C(=O)N2CCOC3CCCC32)c1. The van der Waals surface area contributed by atoms with Crippen LogP contribution in [-0.4, -0.2) is 36.1 Å². The van der Waals surface area contributed by atoms with E-state index in [4.69, 9.17) is 16.2 Å². The Hall–Kier alpha value is -1.75. The van der Waals surface area contributed by atoms with Crippen molar-refractivity contribution in [3.05, 3.63) is 23.8 Å². The Morgan fingerprint density at radius 3 is 2.68 bits per heavy atom. The summed E-state index contributed by atoms with van der Waals surface area (Å²) in [5, 5.41) is 0. The Bertz CT molecular complexity index is 483. The number of nitrogens with zero attached hydrogens (tertiary/aromatic N) is 1. The van der Waals surface area contributed by atoms with Crippen LogP contribution in [0.2, 0.25) is 0 Å². The maximum Gasteiger partial charge on any atom is 0.254 e. The minimum Gasteiger partial charge on any atom is -0.399 e. The minimum atomic E-state index is 0.0131. The lowest BCUT2D eigenvalue weighted by atomic mass is 10.1. The van der Waals surface area contributed by atoms with Crippen LogP contribution in [0.1, 0.15) is 29.6 Å². The van der Waals surface area contributed by atoms with Crippen molar-refractivity contribution in [1.29, 1.82) is 0 Å². The van der Waals surface area contributed by atoms with Gasteiger partial charge >= 0.3 is 0 Å². The largest absolute Gasteiger partial charge is 0.399 e. The van der Waals surface area contributed by atoms with Crippen LogP contribution in [0.15, 0.2) is 18.2 Å². The number of hydrogen-bond donors (Lipinski definition) is 2. The predicted octanol–water partition coefficient (Wildman–Crippen LogP) is 1.24. The van der Waals surface area contributed by atoms with E-state index in [1.807, 2.05) is 4.90 Å². The van der Waals surface area contributed by atoms with E-state index in [9.17, 15) is 4.79 Å². The molecule has 1 aliphatic carbocycles. The molecule has 2 unspecified atom stereocenters. The average Bonchev–Trinajstić information content (AvgIpc) is 2.84. The molecule has 3 rings (SSSR count). The maximum absolute atomic E-state index is 12.6. The molecule has 5 nitrogen and oxygen atoms in total. The van der Waals surface area contributed by atoms with E-state index in [0.29, 0.717) is 30.1 Å². The number of benzene rings is 1. The van der Waals surface area contributed by atoms with E-state index in [0.717, 1.165) is 19.3 Å². The Morgan fingerprint density at radius 2 is 1.95 bits per heavy atom. The molecule has 2 atom stereocenters. The van der Waals surface area contributed by atoms with Crippen molar-refractivity contribution in [2.24, 2.45) is 0 Å². The predicted molar refractivity (Wildman–Crippen MR) is 73.7 cm³/mol. The molecule has 19 heavy (non-hydrogen) atoms. The second kappa shape index (κ2) is 4.74. The molecule has 1 aromatic rings. The highest BCUT2D eigenvalue weighted by molar-refractivity contribution is 5.96. The summed E-state index contributed by atoms with van der Waals surface area (Å²) in [5.74, 6) is 0.0131. The monoisotopic (exact) mass is 261 g/mol. The first-order valence-corrected chi connectivity index (χ1v) is 6.74. The van der Waals surface area contributed by atoms with Gasteiger partial charge in [-0.3, -0.25) is 4.79 Å². The molecule has 0 aromatic heterocycles. The van der Waals surface area contributed by atoms with Gasteiger partial charge in [0.1, 0.15) is 0 Å². The van der Waals surface area contributed by atoms with E-state index in [1.54, 1.807) is 18.2 Å². The molecule has 5 heteroatoms. The number of morpholine rings is 1. The van der Waals surface area contributed by atoms with E-state index < -0.39 is 0 Å². The highest BCUT2D eigenvalue weighted by Crippen LogP contribution is 2.31.